The van der Waals surface area contributed by atoms with Crippen molar-refractivity contribution in [2.75, 3.05) is 11.9 Å². The van der Waals surface area contributed by atoms with Gasteiger partial charge in [-0.1, -0.05) is 12.8 Å². The lowest BCUT2D eigenvalue weighted by Gasteiger charge is -2.19. The average Bonchev–Trinajstić information content (AvgIpc) is 3.27. The van der Waals surface area contributed by atoms with Crippen LogP contribution >= 0.6 is 11.3 Å². The first-order chi connectivity index (χ1) is 12.6. The van der Waals surface area contributed by atoms with Gasteiger partial charge in [0.25, 0.3) is 0 Å². The fourth-order valence-electron chi connectivity index (χ4n) is 3.79. The molecular weight excluding hydrogens is 350 g/mol. The van der Waals surface area contributed by atoms with E-state index in [9.17, 15) is 14.4 Å². The summed E-state index contributed by atoms with van der Waals surface area (Å²) >= 11 is 1.55. The van der Waals surface area contributed by atoms with Crippen molar-refractivity contribution in [1.82, 2.24) is 9.88 Å². The van der Waals surface area contributed by atoms with Crippen LogP contribution < -0.4 is 5.32 Å². The predicted octanol–water partition coefficient (Wildman–Crippen LogP) is 2.92. The molecule has 1 N–H and O–H groups in total. The number of imide groups is 1. The van der Waals surface area contributed by atoms with Gasteiger partial charge in [0.05, 0.1) is 11.8 Å². The zero-order chi connectivity index (χ0) is 18.1. The van der Waals surface area contributed by atoms with E-state index in [1.54, 1.807) is 29.7 Å². The van der Waals surface area contributed by atoms with Gasteiger partial charge in [-0.05, 0) is 37.1 Å². The predicted molar refractivity (Wildman–Crippen MR) is 98.3 cm³/mol. The average molecular weight is 369 g/mol. The third-order valence-corrected chi connectivity index (χ3v) is 5.90. The molecule has 1 saturated carbocycles. The monoisotopic (exact) mass is 369 g/mol. The summed E-state index contributed by atoms with van der Waals surface area (Å²) in [6.07, 6.45) is 5.21. The number of rotatable bonds is 4. The van der Waals surface area contributed by atoms with E-state index in [4.69, 9.17) is 0 Å². The molecule has 2 fully saturated rings. The number of likely N-dealkylation sites (tertiary alicyclic amines) is 1. The number of hydrogen-bond donors (Lipinski definition) is 1. The fraction of sp³-hybridized carbons (Fsp3) is 0.368. The highest BCUT2D eigenvalue weighted by Crippen LogP contribution is 2.37. The number of nitrogens with zero attached hydrogens (tertiary/aromatic N) is 2. The second-order valence-corrected chi connectivity index (χ2v) is 7.62. The van der Waals surface area contributed by atoms with Crippen LogP contribution in [0, 0.1) is 11.8 Å². The van der Waals surface area contributed by atoms with Crippen molar-refractivity contribution >= 4 is 34.7 Å². The lowest BCUT2D eigenvalue weighted by Crippen LogP contribution is -2.38. The van der Waals surface area contributed by atoms with Crippen LogP contribution in [0.5, 0.6) is 0 Å². The molecule has 1 saturated heterocycles. The van der Waals surface area contributed by atoms with Crippen molar-refractivity contribution in [3.63, 3.8) is 0 Å². The van der Waals surface area contributed by atoms with Crippen molar-refractivity contribution in [1.29, 1.82) is 0 Å². The van der Waals surface area contributed by atoms with Gasteiger partial charge in [0.2, 0.25) is 17.7 Å². The molecule has 1 aliphatic carbocycles. The van der Waals surface area contributed by atoms with Gasteiger partial charge in [0.15, 0.2) is 0 Å². The Kier molecular flexibility index (Phi) is 4.55. The van der Waals surface area contributed by atoms with Crippen LogP contribution in [0.15, 0.2) is 35.8 Å². The number of anilines is 1. The third kappa shape index (κ3) is 3.14. The lowest BCUT2D eigenvalue weighted by atomic mass is 9.81. The first-order valence-electron chi connectivity index (χ1n) is 8.78. The summed E-state index contributed by atoms with van der Waals surface area (Å²) in [5, 5.41) is 5.59. The Balaban J connectivity index is 1.39. The number of carbonyl (C=O) groups excluding carboxylic acids is 3. The number of nitrogens with one attached hydrogen (secondary N) is 1. The highest BCUT2D eigenvalue weighted by Gasteiger charge is 2.48. The molecule has 1 aromatic carbocycles. The largest absolute Gasteiger partial charge is 0.325 e. The third-order valence-electron chi connectivity index (χ3n) is 5.08. The molecule has 2 heterocycles. The molecule has 2 atom stereocenters. The quantitative estimate of drug-likeness (QED) is 0.841. The Morgan fingerprint density at radius 1 is 1.12 bits per heavy atom. The minimum atomic E-state index is -0.354. The number of thiazole rings is 1. The Bertz CT molecular complexity index is 808. The van der Waals surface area contributed by atoms with Crippen molar-refractivity contribution < 1.29 is 14.4 Å². The smallest absolute Gasteiger partial charge is 0.244 e. The number of aromatic nitrogens is 1. The fourth-order valence-corrected chi connectivity index (χ4v) is 4.44. The van der Waals surface area contributed by atoms with Crippen molar-refractivity contribution in [2.24, 2.45) is 11.8 Å². The molecule has 0 unspecified atom stereocenters. The SMILES string of the molecule is O=C(CN1C(=O)[C@@H]2CCCC[C@H]2C1=O)Nc1ccc(-c2nccs2)cc1. The van der Waals surface area contributed by atoms with Crippen molar-refractivity contribution in [2.45, 2.75) is 25.7 Å². The highest BCUT2D eigenvalue weighted by atomic mass is 32.1. The number of hydrogen-bond acceptors (Lipinski definition) is 5. The van der Waals surface area contributed by atoms with Crippen molar-refractivity contribution in [3.05, 3.63) is 35.8 Å². The minimum Gasteiger partial charge on any atom is -0.325 e. The van der Waals surface area contributed by atoms with Gasteiger partial charge in [-0.3, -0.25) is 19.3 Å². The summed E-state index contributed by atoms with van der Waals surface area (Å²) < 4.78 is 0. The van der Waals surface area contributed by atoms with Crippen LogP contribution in [-0.4, -0.2) is 34.2 Å². The van der Waals surface area contributed by atoms with E-state index in [1.165, 1.54) is 0 Å². The van der Waals surface area contributed by atoms with E-state index in [1.807, 2.05) is 17.5 Å². The van der Waals surface area contributed by atoms with E-state index >= 15 is 0 Å². The Morgan fingerprint density at radius 3 is 2.35 bits per heavy atom. The molecule has 4 rings (SSSR count). The maximum atomic E-state index is 12.4. The summed E-state index contributed by atoms with van der Waals surface area (Å²) in [5.41, 5.74) is 1.61. The van der Waals surface area contributed by atoms with Crippen LogP contribution in [0.3, 0.4) is 0 Å². The second-order valence-electron chi connectivity index (χ2n) is 6.72. The molecule has 3 amide bonds. The van der Waals surface area contributed by atoms with Gasteiger partial charge < -0.3 is 5.32 Å². The van der Waals surface area contributed by atoms with Gasteiger partial charge in [0, 0.05) is 22.8 Å². The topological polar surface area (TPSA) is 79.4 Å². The molecule has 2 aliphatic rings. The number of fused-ring (bicyclic) bond motifs is 1. The summed E-state index contributed by atoms with van der Waals surface area (Å²) in [7, 11) is 0. The van der Waals surface area contributed by atoms with E-state index in [2.05, 4.69) is 10.3 Å². The molecule has 0 spiro atoms. The molecule has 6 nitrogen and oxygen atoms in total. The van der Waals surface area contributed by atoms with Crippen LogP contribution in [0.25, 0.3) is 10.6 Å². The van der Waals surface area contributed by atoms with E-state index in [-0.39, 0.29) is 36.1 Å². The van der Waals surface area contributed by atoms with Gasteiger partial charge in [-0.2, -0.15) is 0 Å². The van der Waals surface area contributed by atoms with Gasteiger partial charge >= 0.3 is 0 Å². The van der Waals surface area contributed by atoms with E-state index < -0.39 is 0 Å². The molecule has 0 bridgehead atoms. The first kappa shape index (κ1) is 16.9. The Morgan fingerprint density at radius 2 is 1.77 bits per heavy atom. The molecule has 134 valence electrons. The molecule has 7 heteroatoms. The van der Waals surface area contributed by atoms with Crippen LogP contribution in [0.2, 0.25) is 0 Å². The molecule has 1 aromatic heterocycles. The molecule has 1 aliphatic heterocycles. The lowest BCUT2D eigenvalue weighted by molar-refractivity contribution is -0.142. The summed E-state index contributed by atoms with van der Waals surface area (Å²) in [5.74, 6) is -1.17. The van der Waals surface area contributed by atoms with Gasteiger partial charge in [-0.15, -0.1) is 11.3 Å². The standard InChI is InChI=1S/C19H19N3O3S/c23-16(11-22-18(24)14-3-1-2-4-15(14)19(22)25)21-13-7-5-12(6-8-13)17-20-9-10-26-17/h5-10,14-15H,1-4,11H2,(H,21,23)/t14-,15-/m1/s1. The molecule has 0 radical (unpaired) electrons. The van der Waals surface area contributed by atoms with E-state index in [0.29, 0.717) is 5.69 Å². The van der Waals surface area contributed by atoms with Crippen molar-refractivity contribution in [3.8, 4) is 10.6 Å². The first-order valence-corrected chi connectivity index (χ1v) is 9.66. The van der Waals surface area contributed by atoms with Gasteiger partial charge in [0.1, 0.15) is 11.6 Å². The number of amides is 3. The van der Waals surface area contributed by atoms with Gasteiger partial charge in [-0.25, -0.2) is 4.98 Å². The maximum Gasteiger partial charge on any atom is 0.244 e. The van der Waals surface area contributed by atoms with E-state index in [0.717, 1.165) is 41.2 Å². The highest BCUT2D eigenvalue weighted by molar-refractivity contribution is 7.13. The summed E-state index contributed by atoms with van der Waals surface area (Å²) in [6, 6.07) is 7.36. The van der Waals surface area contributed by atoms with Crippen LogP contribution in [0.4, 0.5) is 5.69 Å². The number of carbonyl (C=O) groups is 3. The Hall–Kier alpha value is -2.54. The normalized spacial score (nSPS) is 22.4. The van der Waals surface area contributed by atoms with Crippen LogP contribution in [0.1, 0.15) is 25.7 Å². The van der Waals surface area contributed by atoms with Crippen LogP contribution in [-0.2, 0) is 14.4 Å². The zero-order valence-electron chi connectivity index (χ0n) is 14.2. The zero-order valence-corrected chi connectivity index (χ0v) is 15.0. The second kappa shape index (κ2) is 6.99. The summed E-state index contributed by atoms with van der Waals surface area (Å²) in [4.78, 5) is 42.6. The summed E-state index contributed by atoms with van der Waals surface area (Å²) in [6.45, 7) is -0.209. The minimum absolute atomic E-state index is 0.186. The molecule has 26 heavy (non-hydrogen) atoms. The molecular formula is C19H19N3O3S. The number of benzene rings is 1. The molecule has 2 aromatic rings. The maximum absolute atomic E-state index is 12.4. The Labute approximate surface area is 155 Å².